The zero-order chi connectivity index (χ0) is 5.98. The molecule has 0 aliphatic heterocycles. The van der Waals surface area contributed by atoms with Crippen LogP contribution in [0.1, 0.15) is 4.88 Å². The molecule has 0 bridgehead atoms. The molecule has 1 heterocycles. The van der Waals surface area contributed by atoms with Crippen LogP contribution in [-0.2, 0) is 5.33 Å². The van der Waals surface area contributed by atoms with Crippen molar-refractivity contribution >= 4 is 43.2 Å². The third-order valence-electron chi connectivity index (χ3n) is 0.812. The lowest BCUT2D eigenvalue weighted by Gasteiger charge is -1.84. The Morgan fingerprint density at radius 2 is 2.38 bits per heavy atom. The van der Waals surface area contributed by atoms with Crippen molar-refractivity contribution in [3.63, 3.8) is 0 Å². The van der Waals surface area contributed by atoms with Crippen LogP contribution in [-0.4, -0.2) is 0 Å². The Morgan fingerprint density at radius 1 is 1.62 bits per heavy atom. The second-order valence-electron chi connectivity index (χ2n) is 1.33. The van der Waals surface area contributed by atoms with Gasteiger partial charge in [-0.25, -0.2) is 0 Å². The highest BCUT2D eigenvalue weighted by Crippen LogP contribution is 2.24. The fourth-order valence-electron chi connectivity index (χ4n) is 0.420. The molecular weight excluding hydrogens is 252 g/mol. The highest BCUT2D eigenvalue weighted by Gasteiger charge is 1.95. The third kappa shape index (κ3) is 1.33. The second-order valence-corrected chi connectivity index (χ2v) is 3.74. The molecule has 3 heteroatoms. The summed E-state index contributed by atoms with van der Waals surface area (Å²) in [4.78, 5) is 1.35. The van der Waals surface area contributed by atoms with Gasteiger partial charge in [-0.3, -0.25) is 0 Å². The van der Waals surface area contributed by atoms with E-state index in [0.29, 0.717) is 0 Å². The number of thiophene rings is 1. The first-order valence-corrected chi connectivity index (χ1v) is 4.92. The molecule has 0 amide bonds. The molecule has 0 aliphatic rings. The van der Waals surface area contributed by atoms with Crippen LogP contribution in [0.5, 0.6) is 0 Å². The van der Waals surface area contributed by atoms with Crippen molar-refractivity contribution in [3.05, 3.63) is 20.8 Å². The van der Waals surface area contributed by atoms with Crippen molar-refractivity contribution in [1.29, 1.82) is 0 Å². The fraction of sp³-hybridized carbons (Fsp3) is 0.200. The van der Waals surface area contributed by atoms with E-state index in [1.165, 1.54) is 9.35 Å². The Hall–Kier alpha value is 0.660. The van der Waals surface area contributed by atoms with Crippen LogP contribution < -0.4 is 0 Å². The summed E-state index contributed by atoms with van der Waals surface area (Å²) >= 11 is 8.53. The van der Waals surface area contributed by atoms with Crippen LogP contribution in [0.15, 0.2) is 15.9 Å². The van der Waals surface area contributed by atoms with E-state index in [1.807, 2.05) is 0 Å². The molecule has 0 unspecified atom stereocenters. The van der Waals surface area contributed by atoms with Gasteiger partial charge in [0.2, 0.25) is 0 Å². The SMILES string of the molecule is BrCc1sccc1Br. The number of hydrogen-bond acceptors (Lipinski definition) is 1. The maximum Gasteiger partial charge on any atom is 0.0388 e. The van der Waals surface area contributed by atoms with E-state index >= 15 is 0 Å². The lowest BCUT2D eigenvalue weighted by Crippen LogP contribution is -1.63. The van der Waals surface area contributed by atoms with E-state index in [4.69, 9.17) is 0 Å². The molecule has 0 spiro atoms. The van der Waals surface area contributed by atoms with Gasteiger partial charge in [-0.05, 0) is 27.4 Å². The van der Waals surface area contributed by atoms with E-state index in [2.05, 4.69) is 43.3 Å². The average Bonchev–Trinajstić information content (AvgIpc) is 2.14. The first-order chi connectivity index (χ1) is 3.84. The minimum absolute atomic E-state index is 0.950. The summed E-state index contributed by atoms with van der Waals surface area (Å²) in [7, 11) is 0. The molecule has 44 valence electrons. The quantitative estimate of drug-likeness (QED) is 0.675. The van der Waals surface area contributed by atoms with Crippen LogP contribution in [0.2, 0.25) is 0 Å². The summed E-state index contributed by atoms with van der Waals surface area (Å²) in [5.41, 5.74) is 0. The lowest BCUT2D eigenvalue weighted by atomic mass is 10.5. The number of halogens is 2. The minimum Gasteiger partial charge on any atom is -0.147 e. The Balaban J connectivity index is 2.92. The van der Waals surface area contributed by atoms with E-state index in [9.17, 15) is 0 Å². The Bertz CT molecular complexity index is 171. The molecule has 0 nitrogen and oxygen atoms in total. The Labute approximate surface area is 69.2 Å². The van der Waals surface area contributed by atoms with E-state index in [1.54, 1.807) is 11.3 Å². The maximum atomic E-state index is 3.41. The molecule has 1 aromatic heterocycles. The normalized spacial score (nSPS) is 9.75. The number of rotatable bonds is 1. The highest BCUT2D eigenvalue weighted by atomic mass is 79.9. The summed E-state index contributed by atoms with van der Waals surface area (Å²) in [6.45, 7) is 0. The molecule has 0 saturated carbocycles. The summed E-state index contributed by atoms with van der Waals surface area (Å²) in [6.07, 6.45) is 0. The number of hydrogen-bond donors (Lipinski definition) is 0. The van der Waals surface area contributed by atoms with Crippen molar-refractivity contribution < 1.29 is 0 Å². The van der Waals surface area contributed by atoms with Crippen LogP contribution in [0.25, 0.3) is 0 Å². The van der Waals surface area contributed by atoms with Gasteiger partial charge in [-0.1, -0.05) is 15.9 Å². The zero-order valence-electron chi connectivity index (χ0n) is 4.03. The fourth-order valence-corrected chi connectivity index (χ4v) is 2.83. The molecule has 1 rings (SSSR count). The molecule has 1 aromatic rings. The molecule has 0 saturated heterocycles. The number of alkyl halides is 1. The van der Waals surface area contributed by atoms with Crippen LogP contribution >= 0.6 is 43.2 Å². The molecular formula is C5H4Br2S. The average molecular weight is 256 g/mol. The van der Waals surface area contributed by atoms with Gasteiger partial charge in [0, 0.05) is 14.7 Å². The molecule has 0 fully saturated rings. The van der Waals surface area contributed by atoms with Crippen molar-refractivity contribution in [2.75, 3.05) is 0 Å². The zero-order valence-corrected chi connectivity index (χ0v) is 8.01. The van der Waals surface area contributed by atoms with Crippen LogP contribution in [0.4, 0.5) is 0 Å². The molecule has 0 aromatic carbocycles. The van der Waals surface area contributed by atoms with Crippen LogP contribution in [0.3, 0.4) is 0 Å². The highest BCUT2D eigenvalue weighted by molar-refractivity contribution is 9.10. The monoisotopic (exact) mass is 254 g/mol. The molecule has 0 radical (unpaired) electrons. The first-order valence-electron chi connectivity index (χ1n) is 2.12. The van der Waals surface area contributed by atoms with Gasteiger partial charge < -0.3 is 0 Å². The lowest BCUT2D eigenvalue weighted by molar-refractivity contribution is 1.54. The summed E-state index contributed by atoms with van der Waals surface area (Å²) in [6, 6.07) is 2.06. The van der Waals surface area contributed by atoms with Gasteiger partial charge >= 0.3 is 0 Å². The van der Waals surface area contributed by atoms with Gasteiger partial charge in [0.05, 0.1) is 0 Å². The van der Waals surface area contributed by atoms with Gasteiger partial charge in [-0.15, -0.1) is 11.3 Å². The van der Waals surface area contributed by atoms with Gasteiger partial charge in [0.15, 0.2) is 0 Å². The van der Waals surface area contributed by atoms with Crippen molar-refractivity contribution in [2.45, 2.75) is 5.33 Å². The maximum absolute atomic E-state index is 3.41. The molecule has 0 N–H and O–H groups in total. The van der Waals surface area contributed by atoms with E-state index < -0.39 is 0 Å². The van der Waals surface area contributed by atoms with Crippen molar-refractivity contribution in [1.82, 2.24) is 0 Å². The van der Waals surface area contributed by atoms with Gasteiger partial charge in [0.25, 0.3) is 0 Å². The van der Waals surface area contributed by atoms with E-state index in [-0.39, 0.29) is 0 Å². The first kappa shape index (κ1) is 6.78. The predicted octanol–water partition coefficient (Wildman–Crippen LogP) is 3.41. The predicted molar refractivity (Wildman–Crippen MR) is 44.7 cm³/mol. The summed E-state index contributed by atoms with van der Waals surface area (Å²) in [5, 5.41) is 3.02. The standard InChI is InChI=1S/C5H4Br2S/c6-3-5-4(7)1-2-8-5/h1-2H,3H2. The molecule has 0 atom stereocenters. The smallest absolute Gasteiger partial charge is 0.0388 e. The Kier molecular flexibility index (Phi) is 2.53. The minimum atomic E-state index is 0.950. The molecule has 0 aliphatic carbocycles. The van der Waals surface area contributed by atoms with E-state index in [0.717, 1.165) is 5.33 Å². The van der Waals surface area contributed by atoms with Crippen LogP contribution in [0, 0.1) is 0 Å². The largest absolute Gasteiger partial charge is 0.147 e. The van der Waals surface area contributed by atoms with Crippen molar-refractivity contribution in [3.8, 4) is 0 Å². The summed E-state index contributed by atoms with van der Waals surface area (Å²) < 4.78 is 1.21. The summed E-state index contributed by atoms with van der Waals surface area (Å²) in [5.74, 6) is 0. The van der Waals surface area contributed by atoms with Gasteiger partial charge in [0.1, 0.15) is 0 Å². The molecule has 8 heavy (non-hydrogen) atoms. The van der Waals surface area contributed by atoms with Gasteiger partial charge in [-0.2, -0.15) is 0 Å². The topological polar surface area (TPSA) is 0 Å². The second kappa shape index (κ2) is 2.99. The van der Waals surface area contributed by atoms with Crippen molar-refractivity contribution in [2.24, 2.45) is 0 Å². The Morgan fingerprint density at radius 3 is 2.62 bits per heavy atom. The third-order valence-corrected chi connectivity index (χ3v) is 3.67.